The van der Waals surface area contributed by atoms with E-state index in [0.717, 1.165) is 5.56 Å². The number of hydrogen-bond donors (Lipinski definition) is 3. The first kappa shape index (κ1) is 13.0. The maximum absolute atomic E-state index is 11.1. The van der Waals surface area contributed by atoms with Crippen LogP contribution in [0.1, 0.15) is 18.5 Å². The van der Waals surface area contributed by atoms with E-state index in [1.807, 2.05) is 18.3 Å². The van der Waals surface area contributed by atoms with Gasteiger partial charge in [0.05, 0.1) is 0 Å². The number of ether oxygens (including phenoxy) is 1. The number of imide groups is 1. The minimum Gasteiger partial charge on any atom is -0.484 e. The highest BCUT2D eigenvalue weighted by molar-refractivity contribution is 5.94. The van der Waals surface area contributed by atoms with E-state index in [-0.39, 0.29) is 12.6 Å². The van der Waals surface area contributed by atoms with Gasteiger partial charge in [0.15, 0.2) is 6.61 Å². The number of carbonyl (C=O) groups is 2. The second-order valence-corrected chi connectivity index (χ2v) is 3.56. The van der Waals surface area contributed by atoms with E-state index in [2.05, 4.69) is 0 Å². The fraction of sp³-hybridized carbons (Fsp3) is 0.273. The largest absolute Gasteiger partial charge is 0.484 e. The van der Waals surface area contributed by atoms with Crippen LogP contribution in [-0.2, 0) is 4.79 Å². The normalized spacial score (nSPS) is 11.6. The van der Waals surface area contributed by atoms with Gasteiger partial charge in [-0.1, -0.05) is 12.1 Å². The van der Waals surface area contributed by atoms with E-state index in [9.17, 15) is 9.59 Å². The minimum atomic E-state index is -0.900. The molecule has 5 N–H and O–H groups in total. The van der Waals surface area contributed by atoms with E-state index in [4.69, 9.17) is 16.2 Å². The van der Waals surface area contributed by atoms with Crippen molar-refractivity contribution in [3.8, 4) is 5.75 Å². The highest BCUT2D eigenvalue weighted by Gasteiger charge is 2.06. The molecule has 6 nitrogen and oxygen atoms in total. The zero-order chi connectivity index (χ0) is 12.8. The number of nitrogens with two attached hydrogens (primary N) is 2. The third kappa shape index (κ3) is 4.52. The molecule has 0 saturated heterocycles. The number of amides is 3. The molecule has 1 atom stereocenters. The number of rotatable bonds is 4. The predicted molar refractivity (Wildman–Crippen MR) is 62.3 cm³/mol. The Morgan fingerprint density at radius 2 is 2.18 bits per heavy atom. The predicted octanol–water partition coefficient (Wildman–Crippen LogP) is 0.280. The first-order valence-electron chi connectivity index (χ1n) is 5.06. The maximum Gasteiger partial charge on any atom is 0.318 e. The van der Waals surface area contributed by atoms with Crippen LogP contribution in [0.15, 0.2) is 24.3 Å². The molecule has 1 aromatic rings. The molecule has 1 unspecified atom stereocenters. The van der Waals surface area contributed by atoms with Crippen molar-refractivity contribution in [1.29, 1.82) is 0 Å². The van der Waals surface area contributed by atoms with Crippen molar-refractivity contribution in [3.05, 3.63) is 29.8 Å². The van der Waals surface area contributed by atoms with Crippen LogP contribution in [0.5, 0.6) is 5.75 Å². The fourth-order valence-electron chi connectivity index (χ4n) is 1.21. The molecule has 0 aromatic heterocycles. The topological polar surface area (TPSA) is 107 Å². The number of nitrogens with one attached hydrogen (secondary N) is 1. The molecule has 0 aliphatic carbocycles. The highest BCUT2D eigenvalue weighted by Crippen LogP contribution is 2.17. The molecule has 0 radical (unpaired) electrons. The number of hydrogen-bond acceptors (Lipinski definition) is 4. The average Bonchev–Trinajstić information content (AvgIpc) is 2.26. The third-order valence-electron chi connectivity index (χ3n) is 2.02. The third-order valence-corrected chi connectivity index (χ3v) is 2.02. The summed E-state index contributed by atoms with van der Waals surface area (Å²) in [6.07, 6.45) is 0. The summed E-state index contributed by atoms with van der Waals surface area (Å²) in [5.41, 5.74) is 11.4. The molecule has 0 bridgehead atoms. The second kappa shape index (κ2) is 5.86. The molecule has 0 aliphatic heterocycles. The molecular formula is C11H15N3O3. The Kier molecular flexibility index (Phi) is 4.47. The van der Waals surface area contributed by atoms with Gasteiger partial charge in [-0.15, -0.1) is 0 Å². The first-order chi connectivity index (χ1) is 7.99. The molecule has 1 rings (SSSR count). The number of carbonyl (C=O) groups excluding carboxylic acids is 2. The van der Waals surface area contributed by atoms with Crippen LogP contribution in [0, 0.1) is 0 Å². The molecule has 6 heteroatoms. The van der Waals surface area contributed by atoms with Crippen LogP contribution in [0.25, 0.3) is 0 Å². The smallest absolute Gasteiger partial charge is 0.318 e. The Hall–Kier alpha value is -2.08. The van der Waals surface area contributed by atoms with Crippen LogP contribution in [0.2, 0.25) is 0 Å². The summed E-state index contributed by atoms with van der Waals surface area (Å²) < 4.78 is 5.18. The summed E-state index contributed by atoms with van der Waals surface area (Å²) in [5.74, 6) is -0.0804. The van der Waals surface area contributed by atoms with Gasteiger partial charge in [0.2, 0.25) is 0 Å². The van der Waals surface area contributed by atoms with Gasteiger partial charge in [0.1, 0.15) is 5.75 Å². The van der Waals surface area contributed by atoms with Crippen molar-refractivity contribution in [2.45, 2.75) is 13.0 Å². The zero-order valence-corrected chi connectivity index (χ0v) is 9.47. The molecule has 0 heterocycles. The Bertz CT molecular complexity index is 418. The standard InChI is InChI=1S/C11H15N3O3/c1-7(12)8-3-2-4-9(5-8)17-6-10(15)14-11(13)16/h2-5,7H,6,12H2,1H3,(H3,13,14,15,16). The second-order valence-electron chi connectivity index (χ2n) is 3.56. The lowest BCUT2D eigenvalue weighted by atomic mass is 10.1. The number of primary amides is 1. The van der Waals surface area contributed by atoms with Crippen molar-refractivity contribution < 1.29 is 14.3 Å². The van der Waals surface area contributed by atoms with E-state index in [1.54, 1.807) is 18.2 Å². The number of urea groups is 1. The van der Waals surface area contributed by atoms with Gasteiger partial charge in [-0.25, -0.2) is 4.79 Å². The van der Waals surface area contributed by atoms with Crippen molar-refractivity contribution in [3.63, 3.8) is 0 Å². The monoisotopic (exact) mass is 237 g/mol. The summed E-state index contributed by atoms with van der Waals surface area (Å²) >= 11 is 0. The van der Waals surface area contributed by atoms with E-state index in [0.29, 0.717) is 5.75 Å². The molecule has 0 fully saturated rings. The van der Waals surface area contributed by atoms with E-state index < -0.39 is 11.9 Å². The lowest BCUT2D eigenvalue weighted by molar-refractivity contribution is -0.121. The van der Waals surface area contributed by atoms with Crippen molar-refractivity contribution >= 4 is 11.9 Å². The van der Waals surface area contributed by atoms with Gasteiger partial charge >= 0.3 is 6.03 Å². The molecule has 0 aliphatic rings. The van der Waals surface area contributed by atoms with Gasteiger partial charge in [-0.05, 0) is 24.6 Å². The SMILES string of the molecule is CC(N)c1cccc(OCC(=O)NC(N)=O)c1. The van der Waals surface area contributed by atoms with E-state index >= 15 is 0 Å². The molecule has 0 saturated carbocycles. The van der Waals surface area contributed by atoms with Crippen LogP contribution in [0.4, 0.5) is 4.79 Å². The van der Waals surface area contributed by atoms with Gasteiger partial charge in [-0.2, -0.15) is 0 Å². The van der Waals surface area contributed by atoms with E-state index in [1.165, 1.54) is 0 Å². The minimum absolute atomic E-state index is 0.113. The van der Waals surface area contributed by atoms with Crippen molar-refractivity contribution in [2.24, 2.45) is 11.5 Å². The lowest BCUT2D eigenvalue weighted by Crippen LogP contribution is -2.38. The quantitative estimate of drug-likeness (QED) is 0.699. The van der Waals surface area contributed by atoms with Gasteiger partial charge < -0.3 is 16.2 Å². The molecule has 1 aromatic carbocycles. The average molecular weight is 237 g/mol. The molecular weight excluding hydrogens is 222 g/mol. The van der Waals surface area contributed by atoms with Gasteiger partial charge in [-0.3, -0.25) is 10.1 Å². The highest BCUT2D eigenvalue weighted by atomic mass is 16.5. The summed E-state index contributed by atoms with van der Waals surface area (Å²) in [5, 5.41) is 1.90. The fourth-order valence-corrected chi connectivity index (χ4v) is 1.21. The summed E-state index contributed by atoms with van der Waals surface area (Å²) in [6, 6.07) is 6.06. The van der Waals surface area contributed by atoms with Crippen molar-refractivity contribution in [2.75, 3.05) is 6.61 Å². The van der Waals surface area contributed by atoms with Crippen molar-refractivity contribution in [1.82, 2.24) is 5.32 Å². The summed E-state index contributed by atoms with van der Waals surface area (Å²) in [4.78, 5) is 21.5. The van der Waals surface area contributed by atoms with Gasteiger partial charge in [0, 0.05) is 6.04 Å². The molecule has 3 amide bonds. The zero-order valence-electron chi connectivity index (χ0n) is 9.47. The molecule has 0 spiro atoms. The first-order valence-corrected chi connectivity index (χ1v) is 5.06. The Morgan fingerprint density at radius 3 is 2.76 bits per heavy atom. The Balaban J connectivity index is 2.54. The lowest BCUT2D eigenvalue weighted by Gasteiger charge is -2.09. The van der Waals surface area contributed by atoms with Gasteiger partial charge in [0.25, 0.3) is 5.91 Å². The van der Waals surface area contributed by atoms with Crippen LogP contribution < -0.4 is 21.5 Å². The summed E-state index contributed by atoms with van der Waals surface area (Å²) in [6.45, 7) is 1.57. The number of benzene rings is 1. The maximum atomic E-state index is 11.1. The molecule has 17 heavy (non-hydrogen) atoms. The molecule has 92 valence electrons. The Labute approximate surface area is 98.9 Å². The summed E-state index contributed by atoms with van der Waals surface area (Å²) in [7, 11) is 0. The van der Waals surface area contributed by atoms with Crippen LogP contribution >= 0.6 is 0 Å². The Morgan fingerprint density at radius 1 is 1.47 bits per heavy atom. The van der Waals surface area contributed by atoms with Crippen LogP contribution in [0.3, 0.4) is 0 Å². The van der Waals surface area contributed by atoms with Crippen LogP contribution in [-0.4, -0.2) is 18.5 Å².